The molecule has 0 aromatic rings. The lowest BCUT2D eigenvalue weighted by atomic mass is 9.81. The maximum atomic E-state index is 12.5. The van der Waals surface area contributed by atoms with Crippen molar-refractivity contribution < 1.29 is 19.1 Å². The zero-order chi connectivity index (χ0) is 17.3. The molecule has 0 spiro atoms. The van der Waals surface area contributed by atoms with Gasteiger partial charge >= 0.3 is 11.9 Å². The number of hydrogen-bond donors (Lipinski definition) is 0. The molecular formula is C19H30O4. The summed E-state index contributed by atoms with van der Waals surface area (Å²) in [5.74, 6) is -1.29. The zero-order valence-corrected chi connectivity index (χ0v) is 14.9. The summed E-state index contributed by atoms with van der Waals surface area (Å²) in [4.78, 5) is 24.8. The van der Waals surface area contributed by atoms with Gasteiger partial charge in [-0.05, 0) is 24.7 Å². The van der Waals surface area contributed by atoms with Crippen molar-refractivity contribution in [2.75, 3.05) is 13.2 Å². The molecule has 1 unspecified atom stereocenters. The molecule has 0 saturated carbocycles. The Bertz CT molecular complexity index is 460. The summed E-state index contributed by atoms with van der Waals surface area (Å²) < 4.78 is 10.7. The van der Waals surface area contributed by atoms with Crippen LogP contribution in [0.1, 0.15) is 59.8 Å². The van der Waals surface area contributed by atoms with E-state index in [1.165, 1.54) is 0 Å². The normalized spacial score (nSPS) is 19.7. The van der Waals surface area contributed by atoms with Gasteiger partial charge in [0.15, 0.2) is 0 Å². The van der Waals surface area contributed by atoms with Crippen LogP contribution < -0.4 is 0 Å². The summed E-state index contributed by atoms with van der Waals surface area (Å²) in [6, 6.07) is 0. The fourth-order valence-corrected chi connectivity index (χ4v) is 2.46. The minimum absolute atomic E-state index is 0.170. The standard InChI is InChI=1S/C19H30O4/c1-5-7-12-22-17(20)15-10-9-11-19(3,4)14-16(15)18(21)23-13-8-6-2/h9-11,16H,5-8,12-14H2,1-4H3. The van der Waals surface area contributed by atoms with Gasteiger partial charge in [0.25, 0.3) is 0 Å². The van der Waals surface area contributed by atoms with Gasteiger partial charge in [-0.15, -0.1) is 0 Å². The van der Waals surface area contributed by atoms with Gasteiger partial charge in [-0.1, -0.05) is 58.8 Å². The highest BCUT2D eigenvalue weighted by Crippen LogP contribution is 2.34. The molecule has 1 rings (SSSR count). The van der Waals surface area contributed by atoms with Gasteiger partial charge < -0.3 is 9.47 Å². The third kappa shape index (κ3) is 6.59. The van der Waals surface area contributed by atoms with Crippen molar-refractivity contribution in [1.82, 2.24) is 0 Å². The smallest absolute Gasteiger partial charge is 0.334 e. The molecule has 0 aromatic carbocycles. The van der Waals surface area contributed by atoms with E-state index in [1.807, 2.05) is 26.0 Å². The highest BCUT2D eigenvalue weighted by molar-refractivity contribution is 5.96. The van der Waals surface area contributed by atoms with E-state index in [9.17, 15) is 9.59 Å². The van der Waals surface area contributed by atoms with Crippen LogP contribution in [0.4, 0.5) is 0 Å². The molecule has 0 amide bonds. The fraction of sp³-hybridized carbons (Fsp3) is 0.684. The minimum atomic E-state index is -0.564. The highest BCUT2D eigenvalue weighted by atomic mass is 16.5. The molecule has 23 heavy (non-hydrogen) atoms. The molecule has 1 aliphatic rings. The molecule has 4 nitrogen and oxygen atoms in total. The van der Waals surface area contributed by atoms with Gasteiger partial charge in [0.1, 0.15) is 0 Å². The van der Waals surface area contributed by atoms with Crippen LogP contribution in [-0.4, -0.2) is 25.2 Å². The second-order valence-corrected chi connectivity index (χ2v) is 6.74. The molecule has 0 saturated heterocycles. The number of rotatable bonds is 8. The number of allylic oxidation sites excluding steroid dienone is 3. The SMILES string of the molecule is CCCCOC(=O)C1=CC=CC(C)(C)CC1C(=O)OCCCC. The Kier molecular flexibility index (Phi) is 8.07. The molecule has 1 atom stereocenters. The van der Waals surface area contributed by atoms with Crippen LogP contribution in [-0.2, 0) is 19.1 Å². The topological polar surface area (TPSA) is 52.6 Å². The molecule has 1 aliphatic carbocycles. The van der Waals surface area contributed by atoms with Crippen molar-refractivity contribution in [3.8, 4) is 0 Å². The summed E-state index contributed by atoms with van der Waals surface area (Å²) in [6.07, 6.45) is 9.69. The molecule has 0 bridgehead atoms. The van der Waals surface area contributed by atoms with E-state index in [0.717, 1.165) is 25.7 Å². The van der Waals surface area contributed by atoms with Gasteiger partial charge in [-0.25, -0.2) is 4.79 Å². The predicted molar refractivity (Wildman–Crippen MR) is 90.8 cm³/mol. The molecule has 4 heteroatoms. The van der Waals surface area contributed by atoms with Crippen LogP contribution in [0.2, 0.25) is 0 Å². The Morgan fingerprint density at radius 3 is 2.35 bits per heavy atom. The van der Waals surface area contributed by atoms with E-state index in [1.54, 1.807) is 6.08 Å². The van der Waals surface area contributed by atoms with Crippen molar-refractivity contribution in [1.29, 1.82) is 0 Å². The Morgan fingerprint density at radius 1 is 1.13 bits per heavy atom. The average Bonchev–Trinajstić information content (AvgIpc) is 2.65. The van der Waals surface area contributed by atoms with Crippen LogP contribution in [0.25, 0.3) is 0 Å². The first kappa shape index (κ1) is 19.5. The second-order valence-electron chi connectivity index (χ2n) is 6.74. The number of unbranched alkanes of at least 4 members (excludes halogenated alkanes) is 2. The van der Waals surface area contributed by atoms with Crippen LogP contribution in [0.5, 0.6) is 0 Å². The van der Waals surface area contributed by atoms with E-state index >= 15 is 0 Å². The lowest BCUT2D eigenvalue weighted by molar-refractivity contribution is -0.151. The highest BCUT2D eigenvalue weighted by Gasteiger charge is 2.35. The van der Waals surface area contributed by atoms with Crippen molar-refractivity contribution in [2.45, 2.75) is 59.8 Å². The summed E-state index contributed by atoms with van der Waals surface area (Å²) in [5.41, 5.74) is 0.237. The average molecular weight is 322 g/mol. The number of ether oxygens (including phenoxy) is 2. The monoisotopic (exact) mass is 322 g/mol. The van der Waals surface area contributed by atoms with Gasteiger partial charge in [-0.2, -0.15) is 0 Å². The summed E-state index contributed by atoms with van der Waals surface area (Å²) >= 11 is 0. The Balaban J connectivity index is 2.84. The lowest BCUT2D eigenvalue weighted by Gasteiger charge is -2.25. The number of carbonyl (C=O) groups is 2. The number of carbonyl (C=O) groups excluding carboxylic acids is 2. The quantitative estimate of drug-likeness (QED) is 0.496. The maximum Gasteiger partial charge on any atom is 0.334 e. The van der Waals surface area contributed by atoms with Crippen molar-refractivity contribution in [2.24, 2.45) is 11.3 Å². The van der Waals surface area contributed by atoms with Crippen LogP contribution in [0.15, 0.2) is 23.8 Å². The van der Waals surface area contributed by atoms with Crippen LogP contribution >= 0.6 is 0 Å². The third-order valence-corrected chi connectivity index (χ3v) is 3.92. The van der Waals surface area contributed by atoms with Crippen molar-refractivity contribution >= 4 is 11.9 Å². The number of esters is 2. The molecular weight excluding hydrogens is 292 g/mol. The van der Waals surface area contributed by atoms with Gasteiger partial charge in [0.05, 0.1) is 24.7 Å². The molecule has 130 valence electrons. The first-order valence-electron chi connectivity index (χ1n) is 8.64. The van der Waals surface area contributed by atoms with E-state index in [0.29, 0.717) is 25.2 Å². The van der Waals surface area contributed by atoms with E-state index in [2.05, 4.69) is 13.8 Å². The summed E-state index contributed by atoms with van der Waals surface area (Å²) in [5, 5.41) is 0. The first-order chi connectivity index (χ1) is 10.9. The number of hydrogen-bond acceptors (Lipinski definition) is 4. The Labute approximate surface area is 139 Å². The molecule has 0 N–H and O–H groups in total. The van der Waals surface area contributed by atoms with Gasteiger partial charge in [0.2, 0.25) is 0 Å². The van der Waals surface area contributed by atoms with Crippen molar-refractivity contribution in [3.05, 3.63) is 23.8 Å². The Morgan fingerprint density at radius 2 is 1.74 bits per heavy atom. The maximum absolute atomic E-state index is 12.5. The van der Waals surface area contributed by atoms with Gasteiger partial charge in [0, 0.05) is 0 Å². The summed E-state index contributed by atoms with van der Waals surface area (Å²) in [7, 11) is 0. The fourth-order valence-electron chi connectivity index (χ4n) is 2.46. The van der Waals surface area contributed by atoms with Crippen LogP contribution in [0, 0.1) is 11.3 Å². The van der Waals surface area contributed by atoms with E-state index < -0.39 is 11.9 Å². The molecule has 0 heterocycles. The molecule has 0 aromatic heterocycles. The van der Waals surface area contributed by atoms with Crippen molar-refractivity contribution in [3.63, 3.8) is 0 Å². The lowest BCUT2D eigenvalue weighted by Crippen LogP contribution is -2.29. The Hall–Kier alpha value is -1.58. The second kappa shape index (κ2) is 9.53. The van der Waals surface area contributed by atoms with E-state index in [-0.39, 0.29) is 11.4 Å². The zero-order valence-electron chi connectivity index (χ0n) is 14.9. The first-order valence-corrected chi connectivity index (χ1v) is 8.64. The predicted octanol–water partition coefficient (Wildman–Crippen LogP) is 4.20. The minimum Gasteiger partial charge on any atom is -0.465 e. The molecule has 0 aliphatic heterocycles. The largest absolute Gasteiger partial charge is 0.465 e. The van der Waals surface area contributed by atoms with Crippen LogP contribution in [0.3, 0.4) is 0 Å². The van der Waals surface area contributed by atoms with E-state index in [4.69, 9.17) is 9.47 Å². The van der Waals surface area contributed by atoms with Gasteiger partial charge in [-0.3, -0.25) is 4.79 Å². The summed E-state index contributed by atoms with van der Waals surface area (Å²) in [6.45, 7) is 8.97. The molecule has 0 fully saturated rings. The molecule has 0 radical (unpaired) electrons. The third-order valence-electron chi connectivity index (χ3n) is 3.92.